The van der Waals surface area contributed by atoms with Crippen LogP contribution < -0.4 is 0 Å². The molecule has 0 saturated heterocycles. The number of aliphatic hydroxyl groups excluding tert-OH is 1. The van der Waals surface area contributed by atoms with Crippen LogP contribution in [0.2, 0.25) is 0 Å². The third kappa shape index (κ3) is 2.31. The highest BCUT2D eigenvalue weighted by molar-refractivity contribution is 5.47. The Morgan fingerprint density at radius 1 is 1.44 bits per heavy atom. The predicted molar refractivity (Wildman–Crippen MR) is 65.8 cm³/mol. The van der Waals surface area contributed by atoms with Crippen molar-refractivity contribution in [2.24, 2.45) is 5.92 Å². The Balaban J connectivity index is 1.66. The number of aromatic amines is 1. The van der Waals surface area contributed by atoms with E-state index in [0.29, 0.717) is 24.1 Å². The number of nitrogens with zero attached hydrogens (tertiary/aromatic N) is 2. The number of hydrogen-bond donors (Lipinski definition) is 2. The van der Waals surface area contributed by atoms with E-state index in [2.05, 4.69) is 15.1 Å². The summed E-state index contributed by atoms with van der Waals surface area (Å²) >= 11 is 0. The molecule has 1 saturated carbocycles. The van der Waals surface area contributed by atoms with Gasteiger partial charge in [0.2, 0.25) is 11.7 Å². The van der Waals surface area contributed by atoms with Gasteiger partial charge in [-0.3, -0.25) is 0 Å². The summed E-state index contributed by atoms with van der Waals surface area (Å²) in [6.45, 7) is 0. The minimum absolute atomic E-state index is 0.357. The van der Waals surface area contributed by atoms with Crippen LogP contribution in [0.25, 0.3) is 11.5 Å². The van der Waals surface area contributed by atoms with Gasteiger partial charge in [-0.1, -0.05) is 18.0 Å². The van der Waals surface area contributed by atoms with Crippen LogP contribution >= 0.6 is 0 Å². The van der Waals surface area contributed by atoms with Crippen molar-refractivity contribution >= 4 is 0 Å². The third-order valence-electron chi connectivity index (χ3n) is 3.63. The zero-order valence-corrected chi connectivity index (χ0v) is 10.2. The molecular weight excluding hydrogens is 230 g/mol. The maximum Gasteiger partial charge on any atom is 0.229 e. The molecular formula is C13H17N3O2. The van der Waals surface area contributed by atoms with Gasteiger partial charge in [-0.25, -0.2) is 0 Å². The van der Waals surface area contributed by atoms with Gasteiger partial charge in [-0.05, 0) is 30.9 Å². The van der Waals surface area contributed by atoms with Crippen molar-refractivity contribution in [3.05, 3.63) is 24.2 Å². The molecule has 5 heteroatoms. The molecule has 1 aliphatic rings. The summed E-state index contributed by atoms with van der Waals surface area (Å²) in [5, 5.41) is 14.0. The molecule has 0 amide bonds. The fourth-order valence-electron chi connectivity index (χ4n) is 2.60. The SMILES string of the molecule is OC(Cc1nc(-c2ccc[nH]2)no1)C1CCCC1. The highest BCUT2D eigenvalue weighted by Crippen LogP contribution is 2.29. The first-order valence-electron chi connectivity index (χ1n) is 6.47. The van der Waals surface area contributed by atoms with Gasteiger partial charge in [0.05, 0.1) is 18.2 Å². The van der Waals surface area contributed by atoms with E-state index >= 15 is 0 Å². The molecule has 1 fully saturated rings. The molecule has 0 aliphatic heterocycles. The molecule has 5 nitrogen and oxygen atoms in total. The molecule has 0 bridgehead atoms. The zero-order valence-electron chi connectivity index (χ0n) is 10.2. The highest BCUT2D eigenvalue weighted by Gasteiger charge is 2.25. The lowest BCUT2D eigenvalue weighted by Gasteiger charge is -2.14. The number of aliphatic hydroxyl groups is 1. The van der Waals surface area contributed by atoms with E-state index in [4.69, 9.17) is 4.52 Å². The molecule has 1 unspecified atom stereocenters. The van der Waals surface area contributed by atoms with Crippen molar-refractivity contribution in [3.63, 3.8) is 0 Å². The first-order valence-corrected chi connectivity index (χ1v) is 6.47. The number of nitrogens with one attached hydrogen (secondary N) is 1. The van der Waals surface area contributed by atoms with Gasteiger partial charge in [0.1, 0.15) is 0 Å². The highest BCUT2D eigenvalue weighted by atomic mass is 16.5. The van der Waals surface area contributed by atoms with Crippen LogP contribution in [0.5, 0.6) is 0 Å². The molecule has 2 aromatic heterocycles. The maximum absolute atomic E-state index is 10.1. The summed E-state index contributed by atoms with van der Waals surface area (Å²) in [4.78, 5) is 7.32. The van der Waals surface area contributed by atoms with Gasteiger partial charge in [-0.15, -0.1) is 0 Å². The van der Waals surface area contributed by atoms with Crippen LogP contribution in [0, 0.1) is 5.92 Å². The number of rotatable bonds is 4. The molecule has 18 heavy (non-hydrogen) atoms. The van der Waals surface area contributed by atoms with Crippen LogP contribution in [0.4, 0.5) is 0 Å². The lowest BCUT2D eigenvalue weighted by atomic mass is 9.98. The van der Waals surface area contributed by atoms with E-state index in [0.717, 1.165) is 18.5 Å². The van der Waals surface area contributed by atoms with Crippen molar-refractivity contribution in [1.29, 1.82) is 0 Å². The third-order valence-corrected chi connectivity index (χ3v) is 3.63. The Bertz CT molecular complexity index is 486. The standard InChI is InChI=1S/C13H17N3O2/c17-11(9-4-1-2-5-9)8-12-15-13(16-18-12)10-6-3-7-14-10/h3,6-7,9,11,14,17H,1-2,4-5,8H2. The topological polar surface area (TPSA) is 74.9 Å². The van der Waals surface area contributed by atoms with E-state index in [1.165, 1.54) is 12.8 Å². The van der Waals surface area contributed by atoms with Crippen molar-refractivity contribution in [1.82, 2.24) is 15.1 Å². The number of hydrogen-bond acceptors (Lipinski definition) is 4. The Labute approximate surface area is 105 Å². The Morgan fingerprint density at radius 2 is 2.28 bits per heavy atom. The van der Waals surface area contributed by atoms with Gasteiger partial charge in [0, 0.05) is 6.20 Å². The molecule has 1 atom stereocenters. The maximum atomic E-state index is 10.1. The van der Waals surface area contributed by atoms with Crippen LogP contribution in [-0.4, -0.2) is 26.3 Å². The van der Waals surface area contributed by atoms with Crippen molar-refractivity contribution < 1.29 is 9.63 Å². The van der Waals surface area contributed by atoms with E-state index in [-0.39, 0.29) is 6.10 Å². The molecule has 2 aromatic rings. The fraction of sp³-hybridized carbons (Fsp3) is 0.538. The lowest BCUT2D eigenvalue weighted by molar-refractivity contribution is 0.102. The summed E-state index contributed by atoms with van der Waals surface area (Å²) in [6, 6.07) is 3.78. The summed E-state index contributed by atoms with van der Waals surface area (Å²) in [5.41, 5.74) is 0.834. The average molecular weight is 247 g/mol. The number of aromatic nitrogens is 3. The van der Waals surface area contributed by atoms with Crippen LogP contribution in [0.3, 0.4) is 0 Å². The van der Waals surface area contributed by atoms with Crippen molar-refractivity contribution in [2.75, 3.05) is 0 Å². The normalized spacial score (nSPS) is 18.3. The van der Waals surface area contributed by atoms with Gasteiger partial charge in [0.15, 0.2) is 0 Å². The summed E-state index contributed by atoms with van der Waals surface area (Å²) in [5.74, 6) is 1.46. The van der Waals surface area contributed by atoms with E-state index in [1.807, 2.05) is 18.3 Å². The first kappa shape index (κ1) is 11.5. The molecule has 1 aliphatic carbocycles. The first-order chi connectivity index (χ1) is 8.83. The second-order valence-electron chi connectivity index (χ2n) is 4.91. The van der Waals surface area contributed by atoms with E-state index in [9.17, 15) is 5.11 Å². The minimum Gasteiger partial charge on any atom is -0.392 e. The second-order valence-corrected chi connectivity index (χ2v) is 4.91. The summed E-state index contributed by atoms with van der Waals surface area (Å²) < 4.78 is 5.18. The molecule has 0 aromatic carbocycles. The summed E-state index contributed by atoms with van der Waals surface area (Å²) in [7, 11) is 0. The monoisotopic (exact) mass is 247 g/mol. The minimum atomic E-state index is -0.357. The van der Waals surface area contributed by atoms with Crippen molar-refractivity contribution in [3.8, 4) is 11.5 Å². The van der Waals surface area contributed by atoms with Crippen molar-refractivity contribution in [2.45, 2.75) is 38.2 Å². The van der Waals surface area contributed by atoms with Gasteiger partial charge >= 0.3 is 0 Å². The second kappa shape index (κ2) is 4.94. The number of H-pyrrole nitrogens is 1. The zero-order chi connectivity index (χ0) is 12.4. The van der Waals surface area contributed by atoms with Crippen LogP contribution in [0.15, 0.2) is 22.9 Å². The van der Waals surface area contributed by atoms with E-state index in [1.54, 1.807) is 0 Å². The van der Waals surface area contributed by atoms with Gasteiger partial charge < -0.3 is 14.6 Å². The Kier molecular flexibility index (Phi) is 3.15. The molecule has 96 valence electrons. The van der Waals surface area contributed by atoms with E-state index < -0.39 is 0 Å². The quantitative estimate of drug-likeness (QED) is 0.868. The predicted octanol–water partition coefficient (Wildman–Crippen LogP) is 2.16. The fourth-order valence-corrected chi connectivity index (χ4v) is 2.60. The average Bonchev–Trinajstić information content (AvgIpc) is 3.12. The largest absolute Gasteiger partial charge is 0.392 e. The van der Waals surface area contributed by atoms with Crippen LogP contribution in [0.1, 0.15) is 31.6 Å². The molecule has 0 radical (unpaired) electrons. The van der Waals surface area contributed by atoms with Gasteiger partial charge in [-0.2, -0.15) is 4.98 Å². The Hall–Kier alpha value is -1.62. The Morgan fingerprint density at radius 3 is 3.00 bits per heavy atom. The smallest absolute Gasteiger partial charge is 0.229 e. The lowest BCUT2D eigenvalue weighted by Crippen LogP contribution is -2.20. The molecule has 2 heterocycles. The van der Waals surface area contributed by atoms with Crippen LogP contribution in [-0.2, 0) is 6.42 Å². The van der Waals surface area contributed by atoms with Gasteiger partial charge in [0.25, 0.3) is 0 Å². The molecule has 0 spiro atoms. The summed E-state index contributed by atoms with van der Waals surface area (Å²) in [6.07, 6.45) is 6.58. The molecule has 2 N–H and O–H groups in total. The molecule has 3 rings (SSSR count).